The van der Waals surface area contributed by atoms with E-state index in [1.807, 2.05) is 7.05 Å². The second-order valence-electron chi connectivity index (χ2n) is 4.38. The summed E-state index contributed by atoms with van der Waals surface area (Å²) in [5.41, 5.74) is 1.40. The maximum Gasteiger partial charge on any atom is 0.146 e. The molecule has 0 amide bonds. The van der Waals surface area contributed by atoms with Crippen LogP contribution in [-0.2, 0) is 9.47 Å². The Hall–Kier alpha value is -0.840. The van der Waals surface area contributed by atoms with Gasteiger partial charge in [0.25, 0.3) is 0 Å². The number of nitrogens with one attached hydrogen (secondary N) is 1. The number of ether oxygens (including phenoxy) is 2. The van der Waals surface area contributed by atoms with Gasteiger partial charge in [0.05, 0.1) is 13.2 Å². The zero-order valence-electron chi connectivity index (χ0n) is 9.98. The SMILES string of the molecule is CNC(C1=CC=CN(C)C1)C1COCOC1. The van der Waals surface area contributed by atoms with Crippen molar-refractivity contribution in [3.05, 3.63) is 23.9 Å². The molecule has 0 radical (unpaired) electrons. The van der Waals surface area contributed by atoms with E-state index in [0.717, 1.165) is 19.8 Å². The van der Waals surface area contributed by atoms with Crippen LogP contribution in [0.25, 0.3) is 0 Å². The quantitative estimate of drug-likeness (QED) is 0.760. The molecule has 2 aliphatic heterocycles. The van der Waals surface area contributed by atoms with E-state index in [4.69, 9.17) is 9.47 Å². The number of hydrogen-bond donors (Lipinski definition) is 1. The molecular formula is C12H20N2O2. The smallest absolute Gasteiger partial charge is 0.146 e. The average molecular weight is 224 g/mol. The molecule has 0 aromatic carbocycles. The van der Waals surface area contributed by atoms with Gasteiger partial charge < -0.3 is 19.7 Å². The zero-order valence-corrected chi connectivity index (χ0v) is 9.98. The molecule has 2 aliphatic rings. The van der Waals surface area contributed by atoms with E-state index in [2.05, 4.69) is 35.6 Å². The molecule has 0 aromatic rings. The molecule has 4 heteroatoms. The first kappa shape index (κ1) is 11.6. The monoisotopic (exact) mass is 224 g/mol. The standard InChI is InChI=1S/C12H20N2O2/c1-13-12(11-7-15-9-16-8-11)10-4-3-5-14(2)6-10/h3-5,11-13H,6-9H2,1-2H3. The minimum absolute atomic E-state index is 0.340. The minimum Gasteiger partial charge on any atom is -0.376 e. The fourth-order valence-corrected chi connectivity index (χ4v) is 2.33. The summed E-state index contributed by atoms with van der Waals surface area (Å²) >= 11 is 0. The Balaban J connectivity index is 2.03. The normalized spacial score (nSPS) is 24.4. The highest BCUT2D eigenvalue weighted by atomic mass is 16.7. The third-order valence-corrected chi connectivity index (χ3v) is 3.10. The molecule has 1 saturated heterocycles. The topological polar surface area (TPSA) is 33.7 Å². The Morgan fingerprint density at radius 2 is 2.19 bits per heavy atom. The highest BCUT2D eigenvalue weighted by molar-refractivity contribution is 5.24. The van der Waals surface area contributed by atoms with Crippen LogP contribution in [0.4, 0.5) is 0 Å². The number of allylic oxidation sites excluding steroid dienone is 2. The molecule has 4 nitrogen and oxygen atoms in total. The van der Waals surface area contributed by atoms with Crippen LogP contribution >= 0.6 is 0 Å². The first-order chi connectivity index (χ1) is 7.81. The van der Waals surface area contributed by atoms with Crippen molar-refractivity contribution < 1.29 is 9.47 Å². The first-order valence-corrected chi connectivity index (χ1v) is 5.71. The molecule has 1 unspecified atom stereocenters. The van der Waals surface area contributed by atoms with Gasteiger partial charge in [-0.1, -0.05) is 6.08 Å². The van der Waals surface area contributed by atoms with Crippen molar-refractivity contribution >= 4 is 0 Å². The van der Waals surface area contributed by atoms with E-state index in [9.17, 15) is 0 Å². The number of rotatable bonds is 3. The molecule has 1 fully saturated rings. The maximum absolute atomic E-state index is 5.36. The molecule has 0 aliphatic carbocycles. The van der Waals surface area contributed by atoms with Crippen molar-refractivity contribution in [1.82, 2.24) is 10.2 Å². The van der Waals surface area contributed by atoms with Gasteiger partial charge in [-0.25, -0.2) is 0 Å². The van der Waals surface area contributed by atoms with E-state index >= 15 is 0 Å². The van der Waals surface area contributed by atoms with Gasteiger partial charge in [-0.2, -0.15) is 0 Å². The summed E-state index contributed by atoms with van der Waals surface area (Å²) in [4.78, 5) is 2.18. The fraction of sp³-hybridized carbons (Fsp3) is 0.667. The average Bonchev–Trinajstić information content (AvgIpc) is 2.31. The number of likely N-dealkylation sites (N-methyl/N-ethyl adjacent to an activating group) is 2. The highest BCUT2D eigenvalue weighted by Crippen LogP contribution is 2.19. The number of hydrogen-bond acceptors (Lipinski definition) is 4. The van der Waals surface area contributed by atoms with E-state index in [0.29, 0.717) is 18.8 Å². The molecule has 0 aromatic heterocycles. The van der Waals surface area contributed by atoms with Crippen LogP contribution in [-0.4, -0.2) is 51.6 Å². The summed E-state index contributed by atoms with van der Waals surface area (Å²) in [6.07, 6.45) is 6.37. The van der Waals surface area contributed by atoms with Gasteiger partial charge >= 0.3 is 0 Å². The van der Waals surface area contributed by atoms with Crippen molar-refractivity contribution in [2.75, 3.05) is 40.6 Å². The summed E-state index contributed by atoms with van der Waals surface area (Å²) in [7, 11) is 4.09. The van der Waals surface area contributed by atoms with E-state index in [1.165, 1.54) is 5.57 Å². The lowest BCUT2D eigenvalue weighted by molar-refractivity contribution is -0.129. The van der Waals surface area contributed by atoms with Gasteiger partial charge in [0, 0.05) is 25.6 Å². The first-order valence-electron chi connectivity index (χ1n) is 5.71. The van der Waals surface area contributed by atoms with Crippen molar-refractivity contribution in [3.8, 4) is 0 Å². The van der Waals surface area contributed by atoms with E-state index in [1.54, 1.807) is 0 Å². The summed E-state index contributed by atoms with van der Waals surface area (Å²) in [6.45, 7) is 2.96. The predicted octanol–water partition coefficient (Wildman–Crippen LogP) is 0.580. The highest BCUT2D eigenvalue weighted by Gasteiger charge is 2.27. The Labute approximate surface area is 96.9 Å². The van der Waals surface area contributed by atoms with Gasteiger partial charge in [-0.05, 0) is 24.9 Å². The van der Waals surface area contributed by atoms with Crippen LogP contribution in [0.2, 0.25) is 0 Å². The van der Waals surface area contributed by atoms with E-state index < -0.39 is 0 Å². The van der Waals surface area contributed by atoms with Crippen molar-refractivity contribution in [1.29, 1.82) is 0 Å². The van der Waals surface area contributed by atoms with Gasteiger partial charge in [0.2, 0.25) is 0 Å². The van der Waals surface area contributed by atoms with Crippen LogP contribution in [0.1, 0.15) is 0 Å². The maximum atomic E-state index is 5.36. The molecule has 16 heavy (non-hydrogen) atoms. The predicted molar refractivity (Wildman–Crippen MR) is 63.0 cm³/mol. The molecule has 0 spiro atoms. The molecule has 2 heterocycles. The third kappa shape index (κ3) is 2.64. The van der Waals surface area contributed by atoms with Crippen LogP contribution < -0.4 is 5.32 Å². The van der Waals surface area contributed by atoms with Crippen LogP contribution in [0.15, 0.2) is 23.9 Å². The molecule has 2 rings (SSSR count). The van der Waals surface area contributed by atoms with E-state index in [-0.39, 0.29) is 0 Å². The lowest BCUT2D eigenvalue weighted by atomic mass is 9.92. The van der Waals surface area contributed by atoms with Crippen molar-refractivity contribution in [2.45, 2.75) is 6.04 Å². The lowest BCUT2D eigenvalue weighted by Crippen LogP contribution is -2.44. The van der Waals surface area contributed by atoms with Crippen LogP contribution in [0.3, 0.4) is 0 Å². The second-order valence-corrected chi connectivity index (χ2v) is 4.38. The Morgan fingerprint density at radius 1 is 1.44 bits per heavy atom. The molecule has 0 bridgehead atoms. The largest absolute Gasteiger partial charge is 0.376 e. The second kappa shape index (κ2) is 5.48. The third-order valence-electron chi connectivity index (χ3n) is 3.10. The molecule has 1 atom stereocenters. The number of nitrogens with zero attached hydrogens (tertiary/aromatic N) is 1. The molecule has 90 valence electrons. The lowest BCUT2D eigenvalue weighted by Gasteiger charge is -2.34. The Bertz CT molecular complexity index is 283. The molecule has 0 saturated carbocycles. The summed E-state index contributed by atoms with van der Waals surface area (Å²) < 4.78 is 10.7. The van der Waals surface area contributed by atoms with Crippen molar-refractivity contribution in [3.63, 3.8) is 0 Å². The van der Waals surface area contributed by atoms with Crippen LogP contribution in [0.5, 0.6) is 0 Å². The van der Waals surface area contributed by atoms with Gasteiger partial charge in [0.15, 0.2) is 0 Å². The van der Waals surface area contributed by atoms with Crippen molar-refractivity contribution in [2.24, 2.45) is 5.92 Å². The molecular weight excluding hydrogens is 204 g/mol. The summed E-state index contributed by atoms with van der Waals surface area (Å²) in [5, 5.41) is 3.37. The zero-order chi connectivity index (χ0) is 11.4. The Morgan fingerprint density at radius 3 is 2.81 bits per heavy atom. The fourth-order valence-electron chi connectivity index (χ4n) is 2.33. The van der Waals surface area contributed by atoms with Crippen LogP contribution in [0, 0.1) is 5.92 Å². The Kier molecular flexibility index (Phi) is 3.98. The van der Waals surface area contributed by atoms with Gasteiger partial charge in [0.1, 0.15) is 6.79 Å². The summed E-state index contributed by atoms with van der Waals surface area (Å²) in [6, 6.07) is 0.340. The van der Waals surface area contributed by atoms with Gasteiger partial charge in [-0.15, -0.1) is 0 Å². The molecule has 1 N–H and O–H groups in total. The minimum atomic E-state index is 0.340. The van der Waals surface area contributed by atoms with Gasteiger partial charge in [-0.3, -0.25) is 0 Å². The summed E-state index contributed by atoms with van der Waals surface area (Å²) in [5.74, 6) is 0.407.